The number of nitrogens with zero attached hydrogens (tertiary/aromatic N) is 2. The van der Waals surface area contributed by atoms with Crippen molar-refractivity contribution in [3.63, 3.8) is 0 Å². The van der Waals surface area contributed by atoms with Crippen molar-refractivity contribution in [1.29, 1.82) is 0 Å². The summed E-state index contributed by atoms with van der Waals surface area (Å²) in [7, 11) is 0. The second-order valence-electron chi connectivity index (χ2n) is 7.09. The van der Waals surface area contributed by atoms with Crippen LogP contribution in [-0.2, 0) is 4.79 Å². The zero-order valence-corrected chi connectivity index (χ0v) is 17.8. The third-order valence-corrected chi connectivity index (χ3v) is 6.16. The summed E-state index contributed by atoms with van der Waals surface area (Å²) in [5.74, 6) is -1.29. The molecule has 1 fully saturated rings. The van der Waals surface area contributed by atoms with Crippen LogP contribution in [0.2, 0.25) is 5.02 Å². The molecular weight excluding hydrogens is 448 g/mol. The molecule has 1 aliphatic heterocycles. The molecule has 0 unspecified atom stereocenters. The standard InChI is InChI=1S/C21H18ClF2N3O3S/c22-13-7-8-15-17(10-13)31-21(25-15)26-18(28)12-4-3-9-27(11-12)19(29)14-5-1-2-6-16(14)30-20(23)24/h1-2,5-8,10,12,20H,3-4,9,11H2,(H,25,26,28)/t12-/m0/s1. The summed E-state index contributed by atoms with van der Waals surface area (Å²) in [6.45, 7) is -2.41. The highest BCUT2D eigenvalue weighted by molar-refractivity contribution is 7.22. The number of anilines is 1. The number of ether oxygens (including phenoxy) is 1. The Morgan fingerprint density at radius 3 is 2.87 bits per heavy atom. The third kappa shape index (κ3) is 4.94. The highest BCUT2D eigenvalue weighted by atomic mass is 35.5. The summed E-state index contributed by atoms with van der Waals surface area (Å²) in [5.41, 5.74) is 0.785. The van der Waals surface area contributed by atoms with E-state index < -0.39 is 18.4 Å². The number of benzene rings is 2. The Morgan fingerprint density at radius 2 is 2.06 bits per heavy atom. The normalized spacial score (nSPS) is 16.5. The molecule has 0 spiro atoms. The van der Waals surface area contributed by atoms with Crippen LogP contribution in [0, 0.1) is 5.92 Å². The molecular formula is C21H18ClF2N3O3S. The highest BCUT2D eigenvalue weighted by Gasteiger charge is 2.30. The average molecular weight is 466 g/mol. The van der Waals surface area contributed by atoms with E-state index in [-0.39, 0.29) is 23.8 Å². The van der Waals surface area contributed by atoms with Gasteiger partial charge in [-0.2, -0.15) is 8.78 Å². The SMILES string of the molecule is O=C(Nc1nc2ccc(Cl)cc2s1)[C@H]1CCCN(C(=O)c2ccccc2OC(F)F)C1. The molecule has 6 nitrogen and oxygen atoms in total. The Bertz CT molecular complexity index is 1120. The predicted molar refractivity (Wildman–Crippen MR) is 115 cm³/mol. The van der Waals surface area contributed by atoms with Gasteiger partial charge < -0.3 is 15.0 Å². The first-order valence-electron chi connectivity index (χ1n) is 9.61. The number of halogens is 3. The summed E-state index contributed by atoms with van der Waals surface area (Å²) in [5, 5.41) is 3.87. The molecule has 2 aromatic carbocycles. The van der Waals surface area contributed by atoms with Crippen LogP contribution in [0.15, 0.2) is 42.5 Å². The number of hydrogen-bond acceptors (Lipinski definition) is 5. The zero-order chi connectivity index (χ0) is 22.0. The van der Waals surface area contributed by atoms with Crippen LogP contribution in [0.5, 0.6) is 5.75 Å². The van der Waals surface area contributed by atoms with Crippen molar-refractivity contribution in [2.75, 3.05) is 18.4 Å². The second kappa shape index (κ2) is 9.15. The van der Waals surface area contributed by atoms with Gasteiger partial charge in [-0.3, -0.25) is 9.59 Å². The van der Waals surface area contributed by atoms with E-state index >= 15 is 0 Å². The maximum atomic E-state index is 12.9. The molecule has 0 aliphatic carbocycles. The van der Waals surface area contributed by atoms with Gasteiger partial charge in [-0.25, -0.2) is 4.98 Å². The highest BCUT2D eigenvalue weighted by Crippen LogP contribution is 2.30. The monoisotopic (exact) mass is 465 g/mol. The van der Waals surface area contributed by atoms with Crippen LogP contribution in [0.1, 0.15) is 23.2 Å². The molecule has 1 aliphatic rings. The molecule has 1 atom stereocenters. The predicted octanol–water partition coefficient (Wildman–Crippen LogP) is 5.04. The number of amides is 2. The lowest BCUT2D eigenvalue weighted by Crippen LogP contribution is -2.43. The summed E-state index contributed by atoms with van der Waals surface area (Å²) in [6.07, 6.45) is 1.23. The van der Waals surface area contributed by atoms with E-state index in [4.69, 9.17) is 11.6 Å². The van der Waals surface area contributed by atoms with Crippen LogP contribution in [0.4, 0.5) is 13.9 Å². The number of nitrogens with one attached hydrogen (secondary N) is 1. The molecule has 31 heavy (non-hydrogen) atoms. The number of carbonyl (C=O) groups is 2. The average Bonchev–Trinajstić information content (AvgIpc) is 3.14. The van der Waals surface area contributed by atoms with Gasteiger partial charge in [0.25, 0.3) is 5.91 Å². The van der Waals surface area contributed by atoms with Gasteiger partial charge in [0.05, 0.1) is 21.7 Å². The Labute approximate surface area is 185 Å². The van der Waals surface area contributed by atoms with E-state index in [0.717, 1.165) is 10.2 Å². The van der Waals surface area contributed by atoms with Gasteiger partial charge in [-0.1, -0.05) is 35.1 Å². The second-order valence-corrected chi connectivity index (χ2v) is 8.55. The van der Waals surface area contributed by atoms with Gasteiger partial charge in [0.15, 0.2) is 5.13 Å². The minimum absolute atomic E-state index is 0.0481. The quantitative estimate of drug-likeness (QED) is 0.573. The lowest BCUT2D eigenvalue weighted by atomic mass is 9.96. The Morgan fingerprint density at radius 1 is 1.26 bits per heavy atom. The summed E-state index contributed by atoms with van der Waals surface area (Å²) < 4.78 is 30.7. The summed E-state index contributed by atoms with van der Waals surface area (Å²) in [4.78, 5) is 31.6. The molecule has 3 aromatic rings. The Kier molecular flexibility index (Phi) is 6.33. The number of piperidine rings is 1. The first kappa shape index (κ1) is 21.5. The van der Waals surface area contributed by atoms with E-state index in [2.05, 4.69) is 15.0 Å². The number of rotatable bonds is 5. The van der Waals surface area contributed by atoms with Crippen LogP contribution >= 0.6 is 22.9 Å². The first-order chi connectivity index (χ1) is 14.9. The number of likely N-dealkylation sites (tertiary alicyclic amines) is 1. The van der Waals surface area contributed by atoms with Crippen LogP contribution in [0.25, 0.3) is 10.2 Å². The van der Waals surface area contributed by atoms with Crippen molar-refractivity contribution in [2.24, 2.45) is 5.92 Å². The minimum atomic E-state index is -3.03. The largest absolute Gasteiger partial charge is 0.434 e. The molecule has 2 amide bonds. The van der Waals surface area contributed by atoms with Gasteiger partial charge in [0, 0.05) is 18.1 Å². The smallest absolute Gasteiger partial charge is 0.387 e. The van der Waals surface area contributed by atoms with Crippen LogP contribution in [0.3, 0.4) is 0 Å². The fourth-order valence-electron chi connectivity index (χ4n) is 3.55. The van der Waals surface area contributed by atoms with Gasteiger partial charge >= 0.3 is 6.61 Å². The van der Waals surface area contributed by atoms with E-state index in [1.54, 1.807) is 24.3 Å². The molecule has 10 heteroatoms. The Hall–Kier alpha value is -2.78. The number of para-hydroxylation sites is 1. The van der Waals surface area contributed by atoms with Crippen molar-refractivity contribution in [2.45, 2.75) is 19.5 Å². The molecule has 1 saturated heterocycles. The molecule has 0 saturated carbocycles. The van der Waals surface area contributed by atoms with Gasteiger partial charge in [0.1, 0.15) is 5.75 Å². The number of thiazole rings is 1. The van der Waals surface area contributed by atoms with E-state index in [9.17, 15) is 18.4 Å². The molecule has 1 aromatic heterocycles. The van der Waals surface area contributed by atoms with Crippen LogP contribution in [-0.4, -0.2) is 41.4 Å². The molecule has 0 bridgehead atoms. The number of alkyl halides is 2. The molecule has 1 N–H and O–H groups in total. The van der Waals surface area contributed by atoms with Gasteiger partial charge in [-0.05, 0) is 43.2 Å². The van der Waals surface area contributed by atoms with Gasteiger partial charge in [0.2, 0.25) is 5.91 Å². The van der Waals surface area contributed by atoms with Gasteiger partial charge in [-0.15, -0.1) is 0 Å². The molecule has 4 rings (SSSR count). The molecule has 2 heterocycles. The number of carbonyl (C=O) groups excluding carboxylic acids is 2. The molecule has 0 radical (unpaired) electrons. The first-order valence-corrected chi connectivity index (χ1v) is 10.8. The lowest BCUT2D eigenvalue weighted by Gasteiger charge is -2.32. The zero-order valence-electron chi connectivity index (χ0n) is 16.2. The van der Waals surface area contributed by atoms with E-state index in [1.807, 2.05) is 0 Å². The van der Waals surface area contributed by atoms with Crippen molar-refractivity contribution >= 4 is 50.1 Å². The lowest BCUT2D eigenvalue weighted by molar-refractivity contribution is -0.121. The maximum absolute atomic E-state index is 12.9. The van der Waals surface area contributed by atoms with E-state index in [1.165, 1.54) is 34.4 Å². The number of aromatic nitrogens is 1. The van der Waals surface area contributed by atoms with E-state index in [0.29, 0.717) is 29.5 Å². The van der Waals surface area contributed by atoms with Crippen molar-refractivity contribution in [3.8, 4) is 5.75 Å². The van der Waals surface area contributed by atoms with Crippen molar-refractivity contribution < 1.29 is 23.1 Å². The topological polar surface area (TPSA) is 71.5 Å². The Balaban J connectivity index is 1.45. The third-order valence-electron chi connectivity index (χ3n) is 4.99. The maximum Gasteiger partial charge on any atom is 0.387 e. The van der Waals surface area contributed by atoms with Crippen LogP contribution < -0.4 is 10.1 Å². The fourth-order valence-corrected chi connectivity index (χ4v) is 4.69. The number of hydrogen-bond donors (Lipinski definition) is 1. The number of fused-ring (bicyclic) bond motifs is 1. The van der Waals surface area contributed by atoms with Crippen molar-refractivity contribution in [1.82, 2.24) is 9.88 Å². The van der Waals surface area contributed by atoms with Crippen molar-refractivity contribution in [3.05, 3.63) is 53.1 Å². The minimum Gasteiger partial charge on any atom is -0.434 e. The molecule has 162 valence electrons. The summed E-state index contributed by atoms with van der Waals surface area (Å²) >= 11 is 7.31. The summed E-state index contributed by atoms with van der Waals surface area (Å²) in [6, 6.07) is 11.2. The fraction of sp³-hybridized carbons (Fsp3) is 0.286.